The van der Waals surface area contributed by atoms with Crippen molar-refractivity contribution in [3.63, 3.8) is 0 Å². The van der Waals surface area contributed by atoms with Gasteiger partial charge >= 0.3 is 24.3 Å². The van der Waals surface area contributed by atoms with Crippen LogP contribution in [-0.4, -0.2) is 30.5 Å². The Bertz CT molecular complexity index is 855. The zero-order valence-corrected chi connectivity index (χ0v) is 14.3. The van der Waals surface area contributed by atoms with Crippen LogP contribution in [0.15, 0.2) is 18.2 Å². The first-order chi connectivity index (χ1) is 12.4. The van der Waals surface area contributed by atoms with E-state index in [0.29, 0.717) is 23.7 Å². The second-order valence-corrected chi connectivity index (χ2v) is 5.79. The van der Waals surface area contributed by atoms with E-state index in [9.17, 15) is 35.9 Å². The van der Waals surface area contributed by atoms with Crippen LogP contribution in [0.2, 0.25) is 0 Å². The number of carbonyl (C=O) groups excluding carboxylic acids is 2. The maximum Gasteiger partial charge on any atom is 0.416 e. The highest BCUT2D eigenvalue weighted by Gasteiger charge is 2.38. The van der Waals surface area contributed by atoms with Crippen LogP contribution in [0.5, 0.6) is 0 Å². The fourth-order valence-electron chi connectivity index (χ4n) is 2.10. The monoisotopic (exact) mass is 413 g/mol. The van der Waals surface area contributed by atoms with Crippen LogP contribution in [0.4, 0.5) is 26.3 Å². The predicted octanol–water partition coefficient (Wildman–Crippen LogP) is 4.42. The van der Waals surface area contributed by atoms with Gasteiger partial charge in [0.05, 0.1) is 31.0 Å². The Labute approximate surface area is 151 Å². The molecule has 146 valence electrons. The second-order valence-electron chi connectivity index (χ2n) is 5.01. The van der Waals surface area contributed by atoms with Crippen molar-refractivity contribution in [3.05, 3.63) is 39.8 Å². The van der Waals surface area contributed by atoms with E-state index < -0.39 is 57.1 Å². The van der Waals surface area contributed by atoms with Gasteiger partial charge in [0.1, 0.15) is 10.4 Å². The number of nitrogens with zero attached hydrogens (tertiary/aromatic N) is 1. The van der Waals surface area contributed by atoms with E-state index in [1.54, 1.807) is 0 Å². The van der Waals surface area contributed by atoms with Gasteiger partial charge in [-0.15, -0.1) is 0 Å². The number of rotatable bonds is 3. The Morgan fingerprint density at radius 2 is 1.37 bits per heavy atom. The fraction of sp³-hybridized carbons (Fsp3) is 0.267. The van der Waals surface area contributed by atoms with Crippen LogP contribution >= 0.6 is 11.5 Å². The van der Waals surface area contributed by atoms with Crippen molar-refractivity contribution in [1.82, 2.24) is 4.37 Å². The van der Waals surface area contributed by atoms with Gasteiger partial charge < -0.3 is 9.47 Å². The molecule has 0 spiro atoms. The van der Waals surface area contributed by atoms with E-state index in [0.717, 1.165) is 14.2 Å². The summed E-state index contributed by atoms with van der Waals surface area (Å²) in [4.78, 5) is 23.3. The molecule has 12 heteroatoms. The zero-order valence-electron chi connectivity index (χ0n) is 13.5. The third-order valence-electron chi connectivity index (χ3n) is 3.31. The van der Waals surface area contributed by atoms with E-state index in [2.05, 4.69) is 13.8 Å². The number of esters is 2. The van der Waals surface area contributed by atoms with E-state index in [1.165, 1.54) is 0 Å². The van der Waals surface area contributed by atoms with Crippen molar-refractivity contribution in [2.24, 2.45) is 0 Å². The molecule has 1 heterocycles. The van der Waals surface area contributed by atoms with Gasteiger partial charge in [-0.3, -0.25) is 0 Å². The van der Waals surface area contributed by atoms with Gasteiger partial charge in [-0.1, -0.05) is 0 Å². The summed E-state index contributed by atoms with van der Waals surface area (Å²) < 4.78 is 90.7. The summed E-state index contributed by atoms with van der Waals surface area (Å²) in [6.07, 6.45) is -10.2. The number of hydrogen-bond acceptors (Lipinski definition) is 6. The SMILES string of the molecule is COC(=O)c1snc(-c2cc(C(F)(F)F)cc(C(F)(F)F)c2)c1C(=O)OC. The molecule has 0 N–H and O–H groups in total. The molecule has 1 aromatic heterocycles. The lowest BCUT2D eigenvalue weighted by Gasteiger charge is -2.14. The van der Waals surface area contributed by atoms with E-state index in [4.69, 9.17) is 0 Å². The van der Waals surface area contributed by atoms with Crippen LogP contribution in [-0.2, 0) is 21.8 Å². The molecular weight excluding hydrogens is 404 g/mol. The van der Waals surface area contributed by atoms with Crippen molar-refractivity contribution in [1.29, 1.82) is 0 Å². The van der Waals surface area contributed by atoms with E-state index in [-0.39, 0.29) is 6.07 Å². The molecule has 0 amide bonds. The average molecular weight is 413 g/mol. The zero-order chi connectivity index (χ0) is 20.6. The predicted molar refractivity (Wildman–Crippen MR) is 80.2 cm³/mol. The average Bonchev–Trinajstić information content (AvgIpc) is 3.03. The Kier molecular flexibility index (Phi) is 5.50. The Hall–Kier alpha value is -2.63. The smallest absolute Gasteiger partial charge is 0.416 e. The molecule has 5 nitrogen and oxygen atoms in total. The van der Waals surface area contributed by atoms with Crippen LogP contribution in [0.25, 0.3) is 11.3 Å². The number of aromatic nitrogens is 1. The number of alkyl halides is 6. The highest BCUT2D eigenvalue weighted by molar-refractivity contribution is 7.08. The maximum atomic E-state index is 13.0. The fourth-order valence-corrected chi connectivity index (χ4v) is 2.91. The molecule has 27 heavy (non-hydrogen) atoms. The van der Waals surface area contributed by atoms with Crippen molar-refractivity contribution in [2.75, 3.05) is 14.2 Å². The number of carbonyl (C=O) groups is 2. The van der Waals surface area contributed by atoms with Crippen LogP contribution < -0.4 is 0 Å². The van der Waals surface area contributed by atoms with Gasteiger partial charge in [-0.2, -0.15) is 30.7 Å². The molecule has 2 aromatic rings. The number of methoxy groups -OCH3 is 2. The van der Waals surface area contributed by atoms with Crippen LogP contribution in [0.1, 0.15) is 31.2 Å². The Morgan fingerprint density at radius 1 is 0.889 bits per heavy atom. The summed E-state index contributed by atoms with van der Waals surface area (Å²) in [6.45, 7) is 0. The summed E-state index contributed by atoms with van der Waals surface area (Å²) in [6, 6.07) is 0.741. The highest BCUT2D eigenvalue weighted by atomic mass is 32.1. The topological polar surface area (TPSA) is 65.5 Å². The molecule has 0 fully saturated rings. The molecule has 2 rings (SSSR count). The van der Waals surface area contributed by atoms with Crippen molar-refractivity contribution in [3.8, 4) is 11.3 Å². The first-order valence-electron chi connectivity index (χ1n) is 6.86. The number of halogens is 6. The highest BCUT2D eigenvalue weighted by Crippen LogP contribution is 2.40. The van der Waals surface area contributed by atoms with Gasteiger partial charge in [-0.25, -0.2) is 9.59 Å². The second kappa shape index (κ2) is 7.18. The summed E-state index contributed by atoms with van der Waals surface area (Å²) in [7, 11) is 1.91. The van der Waals surface area contributed by atoms with E-state index in [1.807, 2.05) is 0 Å². The molecule has 0 aliphatic rings. The number of benzene rings is 1. The van der Waals surface area contributed by atoms with Gasteiger partial charge in [-0.05, 0) is 29.7 Å². The third kappa shape index (κ3) is 4.21. The first-order valence-corrected chi connectivity index (χ1v) is 7.63. The van der Waals surface area contributed by atoms with Crippen LogP contribution in [0, 0.1) is 0 Å². The molecule has 1 aromatic carbocycles. The Balaban J connectivity index is 2.80. The van der Waals surface area contributed by atoms with Gasteiger partial charge in [0.2, 0.25) is 0 Å². The number of hydrogen-bond donors (Lipinski definition) is 0. The molecule has 0 bridgehead atoms. The molecule has 0 atom stereocenters. The quantitative estimate of drug-likeness (QED) is 0.551. The standard InChI is InChI=1S/C15H9F6NO4S/c1-25-12(23)9-10(22-27-11(9)13(24)26-2)6-3-7(14(16,17)18)5-8(4-6)15(19,20)21/h3-5H,1-2H3. The first kappa shape index (κ1) is 20.7. The normalized spacial score (nSPS) is 12.0. The Morgan fingerprint density at radius 3 is 1.78 bits per heavy atom. The maximum absolute atomic E-state index is 13.0. The summed E-state index contributed by atoms with van der Waals surface area (Å²) in [5.41, 5.74) is -4.96. The number of ether oxygens (including phenoxy) is 2. The lowest BCUT2D eigenvalue weighted by atomic mass is 9.99. The molecule has 0 unspecified atom stereocenters. The van der Waals surface area contributed by atoms with Crippen molar-refractivity contribution < 1.29 is 45.4 Å². The summed E-state index contributed by atoms with van der Waals surface area (Å²) >= 11 is 0.386. The molecule has 0 saturated heterocycles. The van der Waals surface area contributed by atoms with Gasteiger partial charge in [0, 0.05) is 5.56 Å². The minimum atomic E-state index is -5.08. The molecule has 0 aliphatic heterocycles. The molecule has 0 radical (unpaired) electrons. The minimum absolute atomic E-state index is 0.0606. The third-order valence-corrected chi connectivity index (χ3v) is 4.14. The van der Waals surface area contributed by atoms with Crippen molar-refractivity contribution >= 4 is 23.5 Å². The summed E-state index contributed by atoms with van der Waals surface area (Å²) in [5, 5.41) is 0. The van der Waals surface area contributed by atoms with Crippen LogP contribution in [0.3, 0.4) is 0 Å². The molecule has 0 aliphatic carbocycles. The lowest BCUT2D eigenvalue weighted by molar-refractivity contribution is -0.143. The molecular formula is C15H9F6NO4S. The van der Waals surface area contributed by atoms with Gasteiger partial charge in [0.25, 0.3) is 0 Å². The van der Waals surface area contributed by atoms with E-state index >= 15 is 0 Å². The lowest BCUT2D eigenvalue weighted by Crippen LogP contribution is -2.12. The minimum Gasteiger partial charge on any atom is -0.465 e. The summed E-state index contributed by atoms with van der Waals surface area (Å²) in [5.74, 6) is -2.20. The van der Waals surface area contributed by atoms with Crippen molar-refractivity contribution in [2.45, 2.75) is 12.4 Å². The largest absolute Gasteiger partial charge is 0.465 e. The molecule has 0 saturated carbocycles. The van der Waals surface area contributed by atoms with Gasteiger partial charge in [0.15, 0.2) is 0 Å².